The van der Waals surface area contributed by atoms with Gasteiger partial charge in [0.1, 0.15) is 5.75 Å². The van der Waals surface area contributed by atoms with Crippen molar-refractivity contribution in [2.75, 3.05) is 26.1 Å². The Hall–Kier alpha value is -4.24. The molecule has 10 heteroatoms. The molecule has 0 spiro atoms. The highest BCUT2D eigenvalue weighted by molar-refractivity contribution is 6.30. The Balaban J connectivity index is 1.57. The molecule has 0 unspecified atom stereocenters. The molecule has 3 rings (SSSR count). The van der Waals surface area contributed by atoms with Crippen LogP contribution in [0, 0.1) is 0 Å². The molecule has 0 heterocycles. The Labute approximate surface area is 200 Å². The van der Waals surface area contributed by atoms with E-state index in [-0.39, 0.29) is 23.7 Å². The van der Waals surface area contributed by atoms with Crippen molar-refractivity contribution in [2.45, 2.75) is 0 Å². The number of hydrazine groups is 1. The maximum absolute atomic E-state index is 12.4. The van der Waals surface area contributed by atoms with Crippen LogP contribution in [0.4, 0.5) is 5.69 Å². The van der Waals surface area contributed by atoms with Gasteiger partial charge in [0.15, 0.2) is 18.1 Å². The van der Waals surface area contributed by atoms with Crippen LogP contribution in [-0.2, 0) is 4.79 Å². The van der Waals surface area contributed by atoms with Gasteiger partial charge in [0.25, 0.3) is 17.7 Å². The summed E-state index contributed by atoms with van der Waals surface area (Å²) >= 11 is 5.80. The molecule has 0 aromatic heterocycles. The van der Waals surface area contributed by atoms with Gasteiger partial charge in [0, 0.05) is 16.1 Å². The Kier molecular flexibility index (Phi) is 8.31. The lowest BCUT2D eigenvalue weighted by Gasteiger charge is -2.13. The standard InChI is InChI=1S/C24H22ClN3O6/c1-32-19-6-4-3-5-18(19)26-22(29)14-34-20-12-9-16(13-21(20)33-2)24(31)28-27-23(30)15-7-10-17(25)11-8-15/h3-13H,14H2,1-2H3,(H,26,29)(H,27,30)(H,28,31). The van der Waals surface area contributed by atoms with Crippen LogP contribution in [0.15, 0.2) is 66.7 Å². The zero-order chi connectivity index (χ0) is 24.5. The fourth-order valence-electron chi connectivity index (χ4n) is 2.86. The quantitative estimate of drug-likeness (QED) is 0.423. The first kappa shape index (κ1) is 24.4. The predicted octanol–water partition coefficient (Wildman–Crippen LogP) is 3.45. The number of hydrogen-bond acceptors (Lipinski definition) is 6. The molecule has 3 N–H and O–H groups in total. The molecule has 9 nitrogen and oxygen atoms in total. The van der Waals surface area contributed by atoms with Gasteiger partial charge in [-0.3, -0.25) is 25.2 Å². The molecule has 0 aliphatic carbocycles. The van der Waals surface area contributed by atoms with Crippen LogP contribution in [0.1, 0.15) is 20.7 Å². The molecule has 0 fully saturated rings. The second-order valence-corrected chi connectivity index (χ2v) is 7.25. The summed E-state index contributed by atoms with van der Waals surface area (Å²) < 4.78 is 16.0. The zero-order valence-corrected chi connectivity index (χ0v) is 19.1. The minimum Gasteiger partial charge on any atom is -0.495 e. The molecule has 0 saturated carbocycles. The summed E-state index contributed by atoms with van der Waals surface area (Å²) in [5.74, 6) is -0.453. The lowest BCUT2D eigenvalue weighted by Crippen LogP contribution is -2.41. The first-order valence-electron chi connectivity index (χ1n) is 10.0. The molecule has 3 aromatic rings. The Bertz CT molecular complexity index is 1180. The molecule has 176 valence electrons. The summed E-state index contributed by atoms with van der Waals surface area (Å²) in [6.07, 6.45) is 0. The molecule has 0 aliphatic rings. The van der Waals surface area contributed by atoms with E-state index in [1.54, 1.807) is 36.4 Å². The highest BCUT2D eigenvalue weighted by Gasteiger charge is 2.14. The lowest BCUT2D eigenvalue weighted by atomic mass is 10.2. The molecule has 34 heavy (non-hydrogen) atoms. The van der Waals surface area contributed by atoms with E-state index in [0.717, 1.165) is 0 Å². The monoisotopic (exact) mass is 483 g/mol. The SMILES string of the molecule is COc1ccccc1NC(=O)COc1ccc(C(=O)NNC(=O)c2ccc(Cl)cc2)cc1OC. The van der Waals surface area contributed by atoms with Crippen LogP contribution < -0.4 is 30.4 Å². The fraction of sp³-hybridized carbons (Fsp3) is 0.125. The largest absolute Gasteiger partial charge is 0.495 e. The second kappa shape index (κ2) is 11.6. The van der Waals surface area contributed by atoms with Gasteiger partial charge >= 0.3 is 0 Å². The third-order valence-electron chi connectivity index (χ3n) is 4.56. The van der Waals surface area contributed by atoms with E-state index in [1.807, 2.05) is 0 Å². The Morgan fingerprint density at radius 1 is 0.765 bits per heavy atom. The van der Waals surface area contributed by atoms with E-state index in [0.29, 0.717) is 22.0 Å². The number of ether oxygens (including phenoxy) is 3. The molecular weight excluding hydrogens is 462 g/mol. The van der Waals surface area contributed by atoms with Crippen LogP contribution >= 0.6 is 11.6 Å². The number of carbonyl (C=O) groups excluding carboxylic acids is 3. The van der Waals surface area contributed by atoms with Gasteiger partial charge in [-0.2, -0.15) is 0 Å². The van der Waals surface area contributed by atoms with Crippen LogP contribution in [0.3, 0.4) is 0 Å². The molecule has 0 atom stereocenters. The van der Waals surface area contributed by atoms with Crippen molar-refractivity contribution in [3.63, 3.8) is 0 Å². The van der Waals surface area contributed by atoms with E-state index < -0.39 is 17.7 Å². The number of amides is 3. The molecular formula is C24H22ClN3O6. The number of carbonyl (C=O) groups is 3. The van der Waals surface area contributed by atoms with Crippen molar-refractivity contribution >= 4 is 35.0 Å². The molecule has 0 aliphatic heterocycles. The topological polar surface area (TPSA) is 115 Å². The minimum atomic E-state index is -0.568. The summed E-state index contributed by atoms with van der Waals surface area (Å²) in [6.45, 7) is -0.295. The normalized spacial score (nSPS) is 10.1. The molecule has 0 saturated heterocycles. The summed E-state index contributed by atoms with van der Waals surface area (Å²) in [6, 6.07) is 17.6. The van der Waals surface area contributed by atoms with Gasteiger partial charge in [-0.25, -0.2) is 0 Å². The van der Waals surface area contributed by atoms with E-state index in [1.165, 1.54) is 44.6 Å². The van der Waals surface area contributed by atoms with Crippen LogP contribution in [0.5, 0.6) is 17.2 Å². The number of para-hydroxylation sites is 2. The molecule has 0 bridgehead atoms. The van der Waals surface area contributed by atoms with Gasteiger partial charge in [-0.1, -0.05) is 23.7 Å². The number of halogens is 1. The van der Waals surface area contributed by atoms with E-state index >= 15 is 0 Å². The highest BCUT2D eigenvalue weighted by atomic mass is 35.5. The third kappa shape index (κ3) is 6.39. The first-order valence-corrected chi connectivity index (χ1v) is 10.4. The van der Waals surface area contributed by atoms with Crippen molar-refractivity contribution < 1.29 is 28.6 Å². The number of methoxy groups -OCH3 is 2. The smallest absolute Gasteiger partial charge is 0.269 e. The molecule has 3 aromatic carbocycles. The zero-order valence-electron chi connectivity index (χ0n) is 18.4. The van der Waals surface area contributed by atoms with Crippen molar-refractivity contribution in [1.29, 1.82) is 0 Å². The summed E-state index contributed by atoms with van der Waals surface area (Å²) in [7, 11) is 2.91. The number of rotatable bonds is 8. The third-order valence-corrected chi connectivity index (χ3v) is 4.81. The summed E-state index contributed by atoms with van der Waals surface area (Å²) in [4.78, 5) is 36.8. The first-order chi connectivity index (χ1) is 16.4. The summed E-state index contributed by atoms with van der Waals surface area (Å²) in [5, 5.41) is 3.19. The maximum Gasteiger partial charge on any atom is 0.269 e. The van der Waals surface area contributed by atoms with E-state index in [9.17, 15) is 14.4 Å². The van der Waals surface area contributed by atoms with Gasteiger partial charge < -0.3 is 19.5 Å². The van der Waals surface area contributed by atoms with Gasteiger partial charge in [-0.05, 0) is 54.6 Å². The van der Waals surface area contributed by atoms with Gasteiger partial charge in [0.05, 0.1) is 19.9 Å². The number of nitrogens with one attached hydrogen (secondary N) is 3. The number of hydrogen-bond donors (Lipinski definition) is 3. The fourth-order valence-corrected chi connectivity index (χ4v) is 2.99. The van der Waals surface area contributed by atoms with Crippen molar-refractivity contribution in [1.82, 2.24) is 10.9 Å². The molecule has 3 amide bonds. The van der Waals surface area contributed by atoms with Crippen molar-refractivity contribution in [3.05, 3.63) is 82.9 Å². The van der Waals surface area contributed by atoms with Crippen molar-refractivity contribution in [3.8, 4) is 17.2 Å². The second-order valence-electron chi connectivity index (χ2n) is 6.82. The van der Waals surface area contributed by atoms with Crippen LogP contribution in [0.2, 0.25) is 5.02 Å². The average Bonchev–Trinajstić information content (AvgIpc) is 2.86. The maximum atomic E-state index is 12.4. The Morgan fingerprint density at radius 3 is 2.06 bits per heavy atom. The predicted molar refractivity (Wildman–Crippen MR) is 126 cm³/mol. The Morgan fingerprint density at radius 2 is 1.38 bits per heavy atom. The average molecular weight is 484 g/mol. The van der Waals surface area contributed by atoms with Gasteiger partial charge in [-0.15, -0.1) is 0 Å². The highest BCUT2D eigenvalue weighted by Crippen LogP contribution is 2.28. The summed E-state index contributed by atoms with van der Waals surface area (Å²) in [5.41, 5.74) is 5.70. The van der Waals surface area contributed by atoms with E-state index in [2.05, 4.69) is 16.2 Å². The van der Waals surface area contributed by atoms with Gasteiger partial charge in [0.2, 0.25) is 0 Å². The molecule has 0 radical (unpaired) electrons. The van der Waals surface area contributed by atoms with E-state index in [4.69, 9.17) is 25.8 Å². The number of anilines is 1. The van der Waals surface area contributed by atoms with Crippen molar-refractivity contribution in [2.24, 2.45) is 0 Å². The van der Waals surface area contributed by atoms with Crippen LogP contribution in [0.25, 0.3) is 0 Å². The van der Waals surface area contributed by atoms with Crippen LogP contribution in [-0.4, -0.2) is 38.5 Å². The minimum absolute atomic E-state index is 0.207. The lowest BCUT2D eigenvalue weighted by molar-refractivity contribution is -0.118. The number of benzene rings is 3.